The first-order valence-corrected chi connectivity index (χ1v) is 11.0. The highest BCUT2D eigenvalue weighted by Crippen LogP contribution is 2.56. The van der Waals surface area contributed by atoms with Crippen LogP contribution in [0.15, 0.2) is 59.3 Å². The number of allylic oxidation sites excluding steroid dienone is 1. The Bertz CT molecular complexity index is 1370. The molecule has 1 aliphatic carbocycles. The predicted octanol–water partition coefficient (Wildman–Crippen LogP) is 3.61. The highest BCUT2D eigenvalue weighted by molar-refractivity contribution is 6.31. The molecule has 2 heterocycles. The molecule has 0 aromatic heterocycles. The topological polar surface area (TPSA) is 128 Å². The first-order chi connectivity index (χ1) is 16.4. The van der Waals surface area contributed by atoms with Crippen molar-refractivity contribution < 1.29 is 24.0 Å². The fourth-order valence-electron chi connectivity index (χ4n) is 5.15. The Morgan fingerprint density at radius 2 is 1.82 bits per heavy atom. The van der Waals surface area contributed by atoms with Crippen molar-refractivity contribution in [2.24, 2.45) is 0 Å². The van der Waals surface area contributed by atoms with Crippen molar-refractivity contribution in [3.8, 4) is 0 Å². The third-order valence-electron chi connectivity index (χ3n) is 6.43. The Morgan fingerprint density at radius 1 is 1.09 bits per heavy atom. The highest BCUT2D eigenvalue weighted by Gasteiger charge is 2.62. The molecule has 5 rings (SSSR count). The van der Waals surface area contributed by atoms with Gasteiger partial charge in [-0.1, -0.05) is 37.6 Å². The molecule has 0 bridgehead atoms. The molecule has 2 aromatic carbocycles. The van der Waals surface area contributed by atoms with Gasteiger partial charge in [-0.2, -0.15) is 0 Å². The number of nitro groups is 1. The first kappa shape index (κ1) is 21.6. The number of esters is 1. The third-order valence-corrected chi connectivity index (χ3v) is 6.43. The zero-order valence-electron chi connectivity index (χ0n) is 18.6. The second-order valence-electron chi connectivity index (χ2n) is 8.26. The van der Waals surface area contributed by atoms with Gasteiger partial charge in [-0.3, -0.25) is 19.7 Å². The number of Topliss-reactive ketones (excluding diaryl/α,β-unsaturated/α-hetero) is 1. The summed E-state index contributed by atoms with van der Waals surface area (Å²) in [7, 11) is 0. The number of hydrogen-bond acceptors (Lipinski definition) is 7. The summed E-state index contributed by atoms with van der Waals surface area (Å²) < 4.78 is 5.36. The number of fused-ring (bicyclic) bond motifs is 5. The summed E-state index contributed by atoms with van der Waals surface area (Å²) in [6.07, 6.45) is 1.05. The number of anilines is 1. The van der Waals surface area contributed by atoms with E-state index in [2.05, 4.69) is 10.6 Å². The Kier molecular flexibility index (Phi) is 4.85. The summed E-state index contributed by atoms with van der Waals surface area (Å²) in [5.74, 6) is -1.77. The van der Waals surface area contributed by atoms with Gasteiger partial charge >= 0.3 is 5.97 Å². The van der Waals surface area contributed by atoms with Crippen LogP contribution < -0.4 is 10.6 Å². The van der Waals surface area contributed by atoms with Gasteiger partial charge in [-0.25, -0.2) is 4.79 Å². The highest BCUT2D eigenvalue weighted by atomic mass is 16.6. The van der Waals surface area contributed by atoms with Gasteiger partial charge in [0, 0.05) is 45.8 Å². The molecule has 1 unspecified atom stereocenters. The lowest BCUT2D eigenvalue weighted by atomic mass is 9.65. The molecule has 2 aliphatic heterocycles. The smallest absolute Gasteiger partial charge is 0.337 e. The minimum Gasteiger partial charge on any atom is -0.463 e. The normalized spacial score (nSPS) is 20.1. The second kappa shape index (κ2) is 7.65. The number of ketones is 1. The number of ether oxygens (including phenoxy) is 1. The van der Waals surface area contributed by atoms with E-state index in [1.165, 1.54) is 18.2 Å². The first-order valence-electron chi connectivity index (χ1n) is 11.0. The van der Waals surface area contributed by atoms with E-state index in [1.807, 2.05) is 6.92 Å². The number of nitro benzene ring substituents is 1. The maximum Gasteiger partial charge on any atom is 0.337 e. The van der Waals surface area contributed by atoms with E-state index >= 15 is 0 Å². The Morgan fingerprint density at radius 3 is 2.50 bits per heavy atom. The van der Waals surface area contributed by atoms with Gasteiger partial charge in [-0.15, -0.1) is 0 Å². The fraction of sp³-hybridized carbons (Fsp3) is 0.240. The fourth-order valence-corrected chi connectivity index (χ4v) is 5.15. The van der Waals surface area contributed by atoms with Gasteiger partial charge in [0.2, 0.25) is 5.91 Å². The number of nitrogens with one attached hydrogen (secondary N) is 2. The van der Waals surface area contributed by atoms with Crippen LogP contribution in [0.1, 0.15) is 48.2 Å². The van der Waals surface area contributed by atoms with Gasteiger partial charge in [0.1, 0.15) is 5.41 Å². The summed E-state index contributed by atoms with van der Waals surface area (Å²) in [5.41, 5.74) is 0.348. The van der Waals surface area contributed by atoms with Gasteiger partial charge < -0.3 is 15.4 Å². The molecule has 172 valence electrons. The average Bonchev–Trinajstić information content (AvgIpc) is 3.26. The van der Waals surface area contributed by atoms with Crippen molar-refractivity contribution in [1.29, 1.82) is 0 Å². The summed E-state index contributed by atoms with van der Waals surface area (Å²) in [6, 6.07) is 10.9. The number of rotatable bonds is 5. The van der Waals surface area contributed by atoms with Gasteiger partial charge in [0.15, 0.2) is 5.78 Å². The predicted molar refractivity (Wildman–Crippen MR) is 123 cm³/mol. The van der Waals surface area contributed by atoms with Gasteiger partial charge in [0.25, 0.3) is 5.69 Å². The van der Waals surface area contributed by atoms with Crippen molar-refractivity contribution in [2.75, 3.05) is 11.9 Å². The number of dihydropyridines is 1. The van der Waals surface area contributed by atoms with Crippen molar-refractivity contribution in [1.82, 2.24) is 5.32 Å². The SMILES string of the molecule is CCCC1=C(C(=O)OCC)C2(C(=O)Nc3ccc([N+](=O)[O-])cc32)C2=C(N1)c1ccccc1C2=O. The molecular formula is C25H21N3O6. The quantitative estimate of drug-likeness (QED) is 0.397. The minimum atomic E-state index is -1.88. The van der Waals surface area contributed by atoms with E-state index in [0.717, 1.165) is 0 Å². The van der Waals surface area contributed by atoms with Crippen LogP contribution in [0.5, 0.6) is 0 Å². The molecule has 3 aliphatic rings. The molecule has 9 nitrogen and oxygen atoms in total. The lowest BCUT2D eigenvalue weighted by molar-refractivity contribution is -0.384. The number of carbonyl (C=O) groups is 3. The Hall–Kier alpha value is -4.27. The Balaban J connectivity index is 1.91. The zero-order chi connectivity index (χ0) is 24.2. The van der Waals surface area contributed by atoms with Crippen LogP contribution in [0.25, 0.3) is 5.70 Å². The number of non-ortho nitro benzene ring substituents is 1. The van der Waals surface area contributed by atoms with Crippen LogP contribution in [0.4, 0.5) is 11.4 Å². The molecule has 1 spiro atoms. The summed E-state index contributed by atoms with van der Waals surface area (Å²) in [4.78, 5) is 52.1. The molecule has 1 atom stereocenters. The number of benzene rings is 2. The monoisotopic (exact) mass is 459 g/mol. The molecule has 0 saturated carbocycles. The van der Waals surface area contributed by atoms with E-state index in [1.54, 1.807) is 31.2 Å². The van der Waals surface area contributed by atoms with E-state index in [9.17, 15) is 24.5 Å². The van der Waals surface area contributed by atoms with E-state index in [-0.39, 0.29) is 29.0 Å². The zero-order valence-corrected chi connectivity index (χ0v) is 18.6. The van der Waals surface area contributed by atoms with Crippen molar-refractivity contribution in [3.63, 3.8) is 0 Å². The summed E-state index contributed by atoms with van der Waals surface area (Å²) >= 11 is 0. The second-order valence-corrected chi connectivity index (χ2v) is 8.26. The molecule has 0 saturated heterocycles. The standard InChI is InChI=1S/C25H21N3O6/c1-3-7-18-19(23(30)34-4-2)25(16-12-13(28(32)33)10-11-17(16)27-24(25)31)20-21(26-18)14-8-5-6-9-15(14)22(20)29/h5-6,8-12,26H,3-4,7H2,1-2H3,(H,27,31). The summed E-state index contributed by atoms with van der Waals surface area (Å²) in [5, 5.41) is 17.6. The number of hydrogen-bond donors (Lipinski definition) is 2. The maximum atomic E-state index is 13.9. The van der Waals surface area contributed by atoms with E-state index in [4.69, 9.17) is 4.74 Å². The van der Waals surface area contributed by atoms with Crippen LogP contribution in [0, 0.1) is 10.1 Å². The van der Waals surface area contributed by atoms with Crippen molar-refractivity contribution in [3.05, 3.63) is 86.1 Å². The molecule has 2 aromatic rings. The summed E-state index contributed by atoms with van der Waals surface area (Å²) in [6.45, 7) is 3.63. The molecule has 34 heavy (non-hydrogen) atoms. The van der Waals surface area contributed by atoms with Crippen LogP contribution in [0.3, 0.4) is 0 Å². The molecule has 0 fully saturated rings. The molecule has 1 amide bonds. The minimum absolute atomic E-state index is 0.00662. The number of amides is 1. The van der Waals surface area contributed by atoms with Crippen LogP contribution in [-0.4, -0.2) is 29.2 Å². The van der Waals surface area contributed by atoms with Crippen LogP contribution >= 0.6 is 0 Å². The van der Waals surface area contributed by atoms with Crippen LogP contribution in [0.2, 0.25) is 0 Å². The number of carbonyl (C=O) groups excluding carboxylic acids is 3. The van der Waals surface area contributed by atoms with Gasteiger partial charge in [0.05, 0.1) is 22.8 Å². The maximum absolute atomic E-state index is 13.9. The molecule has 2 N–H and O–H groups in total. The van der Waals surface area contributed by atoms with E-state index < -0.39 is 28.0 Å². The molecular weight excluding hydrogens is 438 g/mol. The lowest BCUT2D eigenvalue weighted by Crippen LogP contribution is -2.48. The molecule has 9 heteroatoms. The molecule has 0 radical (unpaired) electrons. The van der Waals surface area contributed by atoms with Crippen LogP contribution in [-0.2, 0) is 19.7 Å². The largest absolute Gasteiger partial charge is 0.463 e. The van der Waals surface area contributed by atoms with Gasteiger partial charge in [-0.05, 0) is 19.4 Å². The average molecular weight is 459 g/mol. The van der Waals surface area contributed by atoms with Crippen molar-refractivity contribution in [2.45, 2.75) is 32.1 Å². The van der Waals surface area contributed by atoms with Crippen molar-refractivity contribution >= 4 is 34.7 Å². The van der Waals surface area contributed by atoms with E-state index in [0.29, 0.717) is 41.1 Å². The Labute approximate surface area is 194 Å². The number of nitrogens with zero attached hydrogens (tertiary/aromatic N) is 1. The third kappa shape index (κ3) is 2.70. The lowest BCUT2D eigenvalue weighted by Gasteiger charge is -2.36.